The fourth-order valence-corrected chi connectivity index (χ4v) is 3.72. The summed E-state index contributed by atoms with van der Waals surface area (Å²) in [6, 6.07) is 8.97. The lowest BCUT2D eigenvalue weighted by Gasteiger charge is -2.14. The molecule has 0 atom stereocenters. The van der Waals surface area contributed by atoms with Gasteiger partial charge in [0.1, 0.15) is 11.6 Å². The van der Waals surface area contributed by atoms with Gasteiger partial charge in [0, 0.05) is 11.6 Å². The van der Waals surface area contributed by atoms with Crippen molar-refractivity contribution in [1.82, 2.24) is 14.5 Å². The molecule has 0 aliphatic rings. The van der Waals surface area contributed by atoms with Crippen LogP contribution >= 0.6 is 23.1 Å². The number of thiazole rings is 1. The van der Waals surface area contributed by atoms with Crippen molar-refractivity contribution in [3.63, 3.8) is 0 Å². The molecule has 0 unspecified atom stereocenters. The number of nitrogens with zero attached hydrogens (tertiary/aromatic N) is 3. The van der Waals surface area contributed by atoms with Crippen LogP contribution in [0.5, 0.6) is 0 Å². The molecule has 0 fully saturated rings. The SMILES string of the molecule is FC(F)(F)Cn1c(-c2ccccc2)cnc1SCc1nccs1. The molecule has 0 spiro atoms. The lowest BCUT2D eigenvalue weighted by Crippen LogP contribution is -2.19. The van der Waals surface area contributed by atoms with E-state index in [2.05, 4.69) is 9.97 Å². The van der Waals surface area contributed by atoms with Gasteiger partial charge < -0.3 is 4.57 Å². The zero-order valence-electron chi connectivity index (χ0n) is 11.8. The molecule has 1 aromatic carbocycles. The first-order chi connectivity index (χ1) is 11.0. The predicted molar refractivity (Wildman–Crippen MR) is 85.4 cm³/mol. The van der Waals surface area contributed by atoms with E-state index in [-0.39, 0.29) is 0 Å². The normalized spacial score (nSPS) is 11.8. The Morgan fingerprint density at radius 2 is 1.91 bits per heavy atom. The molecule has 3 nitrogen and oxygen atoms in total. The summed E-state index contributed by atoms with van der Waals surface area (Å²) < 4.78 is 40.0. The zero-order chi connectivity index (χ0) is 16.3. The second-order valence-corrected chi connectivity index (χ2v) is 6.63. The minimum atomic E-state index is -4.30. The zero-order valence-corrected chi connectivity index (χ0v) is 13.5. The first-order valence-electron chi connectivity index (χ1n) is 6.72. The summed E-state index contributed by atoms with van der Waals surface area (Å²) in [7, 11) is 0. The third kappa shape index (κ3) is 4.14. The van der Waals surface area contributed by atoms with Gasteiger partial charge >= 0.3 is 6.18 Å². The van der Waals surface area contributed by atoms with E-state index in [1.165, 1.54) is 33.9 Å². The van der Waals surface area contributed by atoms with Crippen LogP contribution in [0.15, 0.2) is 53.3 Å². The van der Waals surface area contributed by atoms with Gasteiger partial charge in [0.2, 0.25) is 0 Å². The number of alkyl halides is 3. The maximum atomic E-state index is 12.9. The second-order valence-electron chi connectivity index (χ2n) is 4.71. The molecule has 0 amide bonds. The van der Waals surface area contributed by atoms with E-state index < -0.39 is 12.7 Å². The van der Waals surface area contributed by atoms with Crippen molar-refractivity contribution in [3.05, 3.63) is 53.1 Å². The van der Waals surface area contributed by atoms with E-state index in [0.717, 1.165) is 5.01 Å². The van der Waals surface area contributed by atoms with Crippen LogP contribution in [-0.4, -0.2) is 20.7 Å². The van der Waals surface area contributed by atoms with E-state index in [0.29, 0.717) is 22.2 Å². The summed E-state index contributed by atoms with van der Waals surface area (Å²) in [6.45, 7) is -1.06. The summed E-state index contributed by atoms with van der Waals surface area (Å²) in [5.74, 6) is 0.501. The Bertz CT molecular complexity index is 752. The van der Waals surface area contributed by atoms with Crippen LogP contribution in [0.4, 0.5) is 13.2 Å². The first-order valence-corrected chi connectivity index (χ1v) is 8.58. The largest absolute Gasteiger partial charge is 0.406 e. The highest BCUT2D eigenvalue weighted by Gasteiger charge is 2.30. The van der Waals surface area contributed by atoms with E-state index >= 15 is 0 Å². The molecule has 0 aliphatic carbocycles. The van der Waals surface area contributed by atoms with Crippen LogP contribution in [0, 0.1) is 0 Å². The van der Waals surface area contributed by atoms with Gasteiger partial charge in [-0.3, -0.25) is 0 Å². The van der Waals surface area contributed by atoms with Crippen LogP contribution in [0.25, 0.3) is 11.3 Å². The van der Waals surface area contributed by atoms with Crippen molar-refractivity contribution >= 4 is 23.1 Å². The summed E-state index contributed by atoms with van der Waals surface area (Å²) in [5.41, 5.74) is 1.18. The maximum absolute atomic E-state index is 12.9. The van der Waals surface area contributed by atoms with Crippen LogP contribution in [0.1, 0.15) is 5.01 Å². The van der Waals surface area contributed by atoms with Gasteiger partial charge in [-0.15, -0.1) is 11.3 Å². The van der Waals surface area contributed by atoms with Gasteiger partial charge in [-0.05, 0) is 5.56 Å². The number of rotatable bonds is 5. The summed E-state index contributed by atoms with van der Waals surface area (Å²) in [4.78, 5) is 8.32. The molecule has 0 radical (unpaired) electrons. The summed E-state index contributed by atoms with van der Waals surface area (Å²) in [5, 5.41) is 3.04. The minimum Gasteiger partial charge on any atom is -0.310 e. The number of thioether (sulfide) groups is 1. The van der Waals surface area contributed by atoms with Crippen LogP contribution in [0.3, 0.4) is 0 Å². The van der Waals surface area contributed by atoms with Gasteiger partial charge in [-0.25, -0.2) is 9.97 Å². The Labute approximate surface area is 139 Å². The highest BCUT2D eigenvalue weighted by atomic mass is 32.2. The molecule has 8 heteroatoms. The number of imidazole rings is 1. The van der Waals surface area contributed by atoms with Crippen molar-refractivity contribution in [1.29, 1.82) is 0 Å². The van der Waals surface area contributed by atoms with Crippen LogP contribution < -0.4 is 0 Å². The summed E-state index contributed by atoms with van der Waals surface area (Å²) >= 11 is 2.73. The lowest BCUT2D eigenvalue weighted by atomic mass is 10.2. The number of benzene rings is 1. The number of halogens is 3. The van der Waals surface area contributed by atoms with Crippen molar-refractivity contribution in [2.45, 2.75) is 23.6 Å². The molecule has 2 heterocycles. The molecule has 23 heavy (non-hydrogen) atoms. The molecule has 0 aliphatic heterocycles. The molecule has 3 rings (SSSR count). The standard InChI is InChI=1S/C15H12F3N3S2/c16-15(17,18)10-21-12(11-4-2-1-3-5-11)8-20-14(21)23-9-13-19-6-7-22-13/h1-8H,9-10H2. The van der Waals surface area contributed by atoms with E-state index in [9.17, 15) is 13.2 Å². The molecular formula is C15H12F3N3S2. The molecule has 0 bridgehead atoms. The van der Waals surface area contributed by atoms with Gasteiger partial charge in [-0.2, -0.15) is 13.2 Å². The van der Waals surface area contributed by atoms with Crippen LogP contribution in [-0.2, 0) is 12.3 Å². The van der Waals surface area contributed by atoms with Crippen LogP contribution in [0.2, 0.25) is 0 Å². The van der Waals surface area contributed by atoms with Gasteiger partial charge in [0.05, 0.1) is 17.6 Å². The molecular weight excluding hydrogens is 343 g/mol. The molecule has 3 aromatic rings. The Hall–Kier alpha value is -1.80. The third-order valence-electron chi connectivity index (χ3n) is 3.03. The number of aromatic nitrogens is 3. The fourth-order valence-electron chi connectivity index (χ4n) is 2.10. The fraction of sp³-hybridized carbons (Fsp3) is 0.200. The molecule has 0 saturated heterocycles. The molecule has 0 N–H and O–H groups in total. The smallest absolute Gasteiger partial charge is 0.310 e. The van der Waals surface area contributed by atoms with Crippen molar-refractivity contribution in [3.8, 4) is 11.3 Å². The third-order valence-corrected chi connectivity index (χ3v) is 5.00. The van der Waals surface area contributed by atoms with E-state index in [1.807, 2.05) is 11.4 Å². The van der Waals surface area contributed by atoms with Crippen molar-refractivity contribution in [2.75, 3.05) is 0 Å². The number of hydrogen-bond donors (Lipinski definition) is 0. The molecule has 120 valence electrons. The Kier molecular flexibility index (Phi) is 4.72. The molecule has 2 aromatic heterocycles. The average Bonchev–Trinajstić information content (AvgIpc) is 3.14. The lowest BCUT2D eigenvalue weighted by molar-refractivity contribution is -0.141. The monoisotopic (exact) mass is 355 g/mol. The Morgan fingerprint density at radius 1 is 1.13 bits per heavy atom. The maximum Gasteiger partial charge on any atom is 0.406 e. The quantitative estimate of drug-likeness (QED) is 0.612. The van der Waals surface area contributed by atoms with Gasteiger partial charge in [-0.1, -0.05) is 42.1 Å². The average molecular weight is 355 g/mol. The van der Waals surface area contributed by atoms with Gasteiger partial charge in [0.25, 0.3) is 0 Å². The highest BCUT2D eigenvalue weighted by molar-refractivity contribution is 7.98. The molecule has 0 saturated carbocycles. The number of hydrogen-bond acceptors (Lipinski definition) is 4. The Morgan fingerprint density at radius 3 is 2.57 bits per heavy atom. The van der Waals surface area contributed by atoms with E-state index in [1.54, 1.807) is 30.5 Å². The van der Waals surface area contributed by atoms with E-state index in [4.69, 9.17) is 0 Å². The predicted octanol–water partition coefficient (Wildman–Crippen LogP) is 4.86. The first kappa shape index (κ1) is 16.1. The van der Waals surface area contributed by atoms with Crippen molar-refractivity contribution in [2.24, 2.45) is 0 Å². The highest BCUT2D eigenvalue weighted by Crippen LogP contribution is 2.31. The minimum absolute atomic E-state index is 0.344. The topological polar surface area (TPSA) is 30.7 Å². The summed E-state index contributed by atoms with van der Waals surface area (Å²) in [6.07, 6.45) is -1.13. The van der Waals surface area contributed by atoms with Crippen molar-refractivity contribution < 1.29 is 13.2 Å². The Balaban J connectivity index is 1.91. The second kappa shape index (κ2) is 6.76. The van der Waals surface area contributed by atoms with Gasteiger partial charge in [0.15, 0.2) is 5.16 Å².